The lowest BCUT2D eigenvalue weighted by molar-refractivity contribution is -0.145. The smallest absolute Gasteiger partial charge is 0.394 e. The van der Waals surface area contributed by atoms with Crippen LogP contribution in [0.4, 0.5) is 31.3 Å². The quantitative estimate of drug-likeness (QED) is 0.457. The maximum Gasteiger partial charge on any atom is 0.451 e. The zero-order chi connectivity index (χ0) is 27.2. The minimum absolute atomic E-state index is 0.0246. The second-order valence-corrected chi connectivity index (χ2v) is 9.89. The zero-order valence-electron chi connectivity index (χ0n) is 19.4. The summed E-state index contributed by atoms with van der Waals surface area (Å²) in [7, 11) is 0. The van der Waals surface area contributed by atoms with Crippen molar-refractivity contribution < 1.29 is 36.2 Å². The highest BCUT2D eigenvalue weighted by molar-refractivity contribution is 7.16. The minimum atomic E-state index is -4.82. The third-order valence-corrected chi connectivity index (χ3v) is 7.29. The van der Waals surface area contributed by atoms with E-state index in [1.807, 2.05) is 0 Å². The first-order valence-corrected chi connectivity index (χ1v) is 12.3. The molecule has 1 atom stereocenters. The predicted molar refractivity (Wildman–Crippen MR) is 120 cm³/mol. The molecule has 0 bridgehead atoms. The van der Waals surface area contributed by atoms with E-state index in [-0.39, 0.29) is 48.3 Å². The van der Waals surface area contributed by atoms with Gasteiger partial charge in [0.25, 0.3) is 0 Å². The molecule has 1 saturated carbocycles. The summed E-state index contributed by atoms with van der Waals surface area (Å²) in [5, 5.41) is 13.1. The van der Waals surface area contributed by atoms with E-state index in [4.69, 9.17) is 0 Å². The number of nitrogens with zero attached hydrogens (tertiary/aromatic N) is 8. The fourth-order valence-corrected chi connectivity index (χ4v) is 5.09. The van der Waals surface area contributed by atoms with Crippen LogP contribution in [0.25, 0.3) is 11.3 Å². The molecule has 0 radical (unpaired) electrons. The van der Waals surface area contributed by atoms with Gasteiger partial charge in [0.05, 0.1) is 12.6 Å². The topological polar surface area (TPSA) is 113 Å². The van der Waals surface area contributed by atoms with E-state index in [2.05, 4.69) is 25.0 Å². The summed E-state index contributed by atoms with van der Waals surface area (Å²) in [4.78, 5) is 30.2. The molecular formula is C21H20F6N8O2S. The van der Waals surface area contributed by atoms with E-state index in [1.165, 1.54) is 20.8 Å². The van der Waals surface area contributed by atoms with E-state index < -0.39 is 35.8 Å². The number of aliphatic hydroxyl groups excluding tert-OH is 1. The average Bonchev–Trinajstić information content (AvgIpc) is 3.43. The molecule has 3 aromatic heterocycles. The molecule has 0 aromatic carbocycles. The van der Waals surface area contributed by atoms with Gasteiger partial charge in [-0.2, -0.15) is 31.4 Å². The number of hydrogen-bond donors (Lipinski definition) is 1. The number of piperazine rings is 1. The molecule has 1 amide bonds. The van der Waals surface area contributed by atoms with Gasteiger partial charge < -0.3 is 14.9 Å². The Morgan fingerprint density at radius 1 is 1.05 bits per heavy atom. The lowest BCUT2D eigenvalue weighted by atomic mass is 10.1. The molecule has 3 aromatic rings. The zero-order valence-corrected chi connectivity index (χ0v) is 20.3. The molecular weight excluding hydrogens is 542 g/mol. The normalized spacial score (nSPS) is 18.8. The van der Waals surface area contributed by atoms with E-state index in [0.29, 0.717) is 23.1 Å². The lowest BCUT2D eigenvalue weighted by Crippen LogP contribution is -2.57. The number of aliphatic hydroxyl groups is 1. The molecule has 10 nitrogen and oxygen atoms in total. The third-order valence-electron chi connectivity index (χ3n) is 6.13. The Kier molecular flexibility index (Phi) is 6.75. The van der Waals surface area contributed by atoms with Gasteiger partial charge in [0, 0.05) is 43.5 Å². The maximum absolute atomic E-state index is 13.5. The first kappa shape index (κ1) is 26.3. The fraction of sp³-hybridized carbons (Fsp3) is 0.524. The van der Waals surface area contributed by atoms with Gasteiger partial charge in [-0.1, -0.05) is 11.3 Å². The molecule has 1 unspecified atom stereocenters. The van der Waals surface area contributed by atoms with Crippen molar-refractivity contribution in [2.24, 2.45) is 0 Å². The Morgan fingerprint density at radius 2 is 1.76 bits per heavy atom. The number of alkyl halides is 6. The first-order chi connectivity index (χ1) is 17.9. The van der Waals surface area contributed by atoms with E-state index in [1.54, 1.807) is 0 Å². The van der Waals surface area contributed by atoms with Crippen molar-refractivity contribution in [1.82, 2.24) is 34.6 Å². The van der Waals surface area contributed by atoms with Crippen molar-refractivity contribution in [1.29, 1.82) is 0 Å². The highest BCUT2D eigenvalue weighted by atomic mass is 32.1. The van der Waals surface area contributed by atoms with Gasteiger partial charge in [-0.3, -0.25) is 4.79 Å². The van der Waals surface area contributed by atoms with Crippen molar-refractivity contribution >= 4 is 22.2 Å². The van der Waals surface area contributed by atoms with Crippen LogP contribution >= 0.6 is 11.3 Å². The predicted octanol–water partition coefficient (Wildman–Crippen LogP) is 2.82. The van der Waals surface area contributed by atoms with Crippen LogP contribution < -0.4 is 4.90 Å². The Bertz CT molecular complexity index is 1300. The van der Waals surface area contributed by atoms with Crippen LogP contribution in [0.5, 0.6) is 0 Å². The monoisotopic (exact) mass is 562 g/mol. The van der Waals surface area contributed by atoms with Crippen LogP contribution in [0.1, 0.15) is 35.4 Å². The molecule has 0 spiro atoms. The molecule has 1 aliphatic heterocycles. The largest absolute Gasteiger partial charge is 0.451 e. The molecule has 5 rings (SSSR count). The molecule has 2 aliphatic rings. The molecule has 38 heavy (non-hydrogen) atoms. The number of halogens is 6. The first-order valence-electron chi connectivity index (χ1n) is 11.5. The fourth-order valence-electron chi connectivity index (χ4n) is 4.10. The number of hydrogen-bond acceptors (Lipinski definition) is 9. The number of carbonyl (C=O) groups excluding carboxylic acids is 1. The van der Waals surface area contributed by atoms with Crippen molar-refractivity contribution in [3.05, 3.63) is 35.4 Å². The van der Waals surface area contributed by atoms with Gasteiger partial charge in [0.15, 0.2) is 5.82 Å². The van der Waals surface area contributed by atoms with Crippen LogP contribution in [0.15, 0.2) is 18.7 Å². The summed E-state index contributed by atoms with van der Waals surface area (Å²) in [6.07, 6.45) is -4.61. The lowest BCUT2D eigenvalue weighted by Gasteiger charge is -2.41. The van der Waals surface area contributed by atoms with Gasteiger partial charge in [-0.25, -0.2) is 24.6 Å². The van der Waals surface area contributed by atoms with Crippen LogP contribution in [0, 0.1) is 0 Å². The third kappa shape index (κ3) is 5.43. The summed E-state index contributed by atoms with van der Waals surface area (Å²) >= 11 is 0.318. The summed E-state index contributed by atoms with van der Waals surface area (Å²) < 4.78 is 80.5. The molecule has 1 N–H and O–H groups in total. The molecule has 2 fully saturated rings. The van der Waals surface area contributed by atoms with Gasteiger partial charge in [0.2, 0.25) is 16.7 Å². The van der Waals surface area contributed by atoms with Crippen LogP contribution in [-0.2, 0) is 23.7 Å². The molecule has 17 heteroatoms. The molecule has 4 heterocycles. The highest BCUT2D eigenvalue weighted by Crippen LogP contribution is 2.43. The van der Waals surface area contributed by atoms with Crippen molar-refractivity contribution in [2.75, 3.05) is 31.1 Å². The van der Waals surface area contributed by atoms with Gasteiger partial charge in [-0.15, -0.1) is 0 Å². The number of thiazole rings is 1. The Hall–Kier alpha value is -3.34. The Balaban J connectivity index is 1.36. The molecule has 1 aliphatic carbocycles. The van der Waals surface area contributed by atoms with Crippen molar-refractivity contribution in [3.63, 3.8) is 0 Å². The van der Waals surface area contributed by atoms with Crippen LogP contribution in [-0.4, -0.2) is 77.9 Å². The van der Waals surface area contributed by atoms with E-state index >= 15 is 0 Å². The number of anilines is 1. The molecule has 1 saturated heterocycles. The standard InChI is InChI=1S/C21H20F6N8O2S/c22-20(23,24)18-28-5-12(6-29-18)15-17(38-19(31-15)21(25,26)27)33-3-4-35(13(7-33)9-36)14(37)8-34-10-30-16(32-34)11-1-2-11/h5-6,10-11,13,36H,1-4,7-9H2. The summed E-state index contributed by atoms with van der Waals surface area (Å²) in [5.74, 6) is -0.789. The molecule has 204 valence electrons. The van der Waals surface area contributed by atoms with Gasteiger partial charge >= 0.3 is 12.4 Å². The number of amides is 1. The SMILES string of the molecule is O=C(Cn1cnc(C2CC2)n1)N1CCN(c2sc(C(F)(F)F)nc2-c2cnc(C(F)(F)F)nc2)CC1CO. The second-order valence-electron chi connectivity index (χ2n) is 8.91. The van der Waals surface area contributed by atoms with Crippen LogP contribution in [0.3, 0.4) is 0 Å². The van der Waals surface area contributed by atoms with E-state index in [0.717, 1.165) is 25.2 Å². The highest BCUT2D eigenvalue weighted by Gasteiger charge is 2.40. The number of aromatic nitrogens is 6. The van der Waals surface area contributed by atoms with Gasteiger partial charge in [0.1, 0.15) is 23.6 Å². The van der Waals surface area contributed by atoms with Gasteiger partial charge in [-0.05, 0) is 12.8 Å². The van der Waals surface area contributed by atoms with Crippen molar-refractivity contribution in [2.45, 2.75) is 43.7 Å². The van der Waals surface area contributed by atoms with Crippen LogP contribution in [0.2, 0.25) is 0 Å². The maximum atomic E-state index is 13.5. The Labute approximate surface area is 215 Å². The van der Waals surface area contributed by atoms with Crippen molar-refractivity contribution in [3.8, 4) is 11.3 Å². The number of carbonyl (C=O) groups is 1. The average molecular weight is 562 g/mol. The van der Waals surface area contributed by atoms with E-state index in [9.17, 15) is 36.2 Å². The minimum Gasteiger partial charge on any atom is -0.394 e. The summed E-state index contributed by atoms with van der Waals surface area (Å²) in [6.45, 7) is -0.419. The number of rotatable bonds is 6. The summed E-state index contributed by atoms with van der Waals surface area (Å²) in [5.41, 5.74) is -0.362. The Morgan fingerprint density at radius 3 is 2.37 bits per heavy atom. The summed E-state index contributed by atoms with van der Waals surface area (Å²) in [6, 6.07) is -0.754. The second kappa shape index (κ2) is 9.76.